The second-order valence-electron chi connectivity index (χ2n) is 7.57. The predicted molar refractivity (Wildman–Crippen MR) is 121 cm³/mol. The van der Waals surface area contributed by atoms with Crippen molar-refractivity contribution in [3.63, 3.8) is 0 Å². The third-order valence-corrected chi connectivity index (χ3v) is 5.15. The van der Waals surface area contributed by atoms with Gasteiger partial charge < -0.3 is 14.8 Å². The third kappa shape index (κ3) is 4.54. The number of aromatic nitrogens is 4. The minimum Gasteiger partial charge on any atom is -0.497 e. The maximum atomic E-state index is 12.4. The van der Waals surface area contributed by atoms with E-state index in [-0.39, 0.29) is 18.6 Å². The molecule has 0 saturated carbocycles. The van der Waals surface area contributed by atoms with Gasteiger partial charge in [-0.25, -0.2) is 14.5 Å². The lowest BCUT2D eigenvalue weighted by molar-refractivity contribution is -0.123. The third-order valence-electron chi connectivity index (χ3n) is 5.15. The molecule has 4 aromatic rings. The van der Waals surface area contributed by atoms with Crippen LogP contribution in [0.25, 0.3) is 16.9 Å². The zero-order valence-electron chi connectivity index (χ0n) is 18.5. The summed E-state index contributed by atoms with van der Waals surface area (Å²) < 4.78 is 12.5. The minimum atomic E-state index is -0.381. The molecule has 0 fully saturated rings. The van der Waals surface area contributed by atoms with E-state index in [1.807, 2.05) is 69.3 Å². The highest BCUT2D eigenvalue weighted by Crippen LogP contribution is 2.23. The summed E-state index contributed by atoms with van der Waals surface area (Å²) >= 11 is 0. The number of hydrogen-bond donors (Lipinski definition) is 1. The van der Waals surface area contributed by atoms with Gasteiger partial charge in [0.05, 0.1) is 18.8 Å². The van der Waals surface area contributed by atoms with Crippen molar-refractivity contribution >= 4 is 11.6 Å². The fraction of sp³-hybridized carbons (Fsp3) is 0.250. The van der Waals surface area contributed by atoms with Crippen molar-refractivity contribution in [3.05, 3.63) is 71.8 Å². The number of carbonyl (C=O) groups excluding carboxylic acids is 1. The average molecular weight is 431 g/mol. The summed E-state index contributed by atoms with van der Waals surface area (Å²) in [5.41, 5.74) is 4.36. The van der Waals surface area contributed by atoms with E-state index in [9.17, 15) is 4.79 Å². The van der Waals surface area contributed by atoms with Crippen LogP contribution in [0.15, 0.2) is 54.9 Å². The maximum Gasteiger partial charge on any atom is 0.258 e. The molecule has 8 nitrogen and oxygen atoms in total. The van der Waals surface area contributed by atoms with Crippen molar-refractivity contribution in [2.24, 2.45) is 0 Å². The highest BCUT2D eigenvalue weighted by Gasteiger charge is 2.16. The first-order valence-electron chi connectivity index (χ1n) is 10.3. The molecule has 0 bridgehead atoms. The lowest BCUT2D eigenvalue weighted by atomic mass is 10.1. The van der Waals surface area contributed by atoms with Crippen LogP contribution >= 0.6 is 0 Å². The van der Waals surface area contributed by atoms with Crippen LogP contribution in [0.2, 0.25) is 0 Å². The highest BCUT2D eigenvalue weighted by molar-refractivity contribution is 5.78. The highest BCUT2D eigenvalue weighted by atomic mass is 16.5. The van der Waals surface area contributed by atoms with Crippen LogP contribution in [0.5, 0.6) is 11.5 Å². The number of para-hydroxylation sites is 1. The molecule has 2 heterocycles. The molecular weight excluding hydrogens is 406 g/mol. The van der Waals surface area contributed by atoms with Crippen LogP contribution in [-0.2, 0) is 4.79 Å². The Kier molecular flexibility index (Phi) is 6.02. The number of amides is 1. The van der Waals surface area contributed by atoms with Gasteiger partial charge in [-0.05, 0) is 56.2 Å². The monoisotopic (exact) mass is 431 g/mol. The van der Waals surface area contributed by atoms with Gasteiger partial charge in [-0.1, -0.05) is 18.2 Å². The Bertz CT molecular complexity index is 1230. The molecule has 8 heteroatoms. The first-order valence-corrected chi connectivity index (χ1v) is 10.3. The van der Waals surface area contributed by atoms with Gasteiger partial charge in [0.2, 0.25) is 0 Å². The molecule has 0 saturated heterocycles. The van der Waals surface area contributed by atoms with E-state index in [1.54, 1.807) is 18.0 Å². The molecule has 1 atom stereocenters. The van der Waals surface area contributed by atoms with Crippen molar-refractivity contribution in [2.75, 3.05) is 13.7 Å². The number of carbonyl (C=O) groups is 1. The van der Waals surface area contributed by atoms with Crippen molar-refractivity contribution < 1.29 is 14.3 Å². The van der Waals surface area contributed by atoms with E-state index >= 15 is 0 Å². The summed E-state index contributed by atoms with van der Waals surface area (Å²) in [4.78, 5) is 21.4. The van der Waals surface area contributed by atoms with Gasteiger partial charge in [0, 0.05) is 11.6 Å². The Hall–Kier alpha value is -3.94. The molecule has 0 unspecified atom stereocenters. The molecule has 0 aliphatic heterocycles. The number of nitrogens with one attached hydrogen (secondary N) is 1. The zero-order valence-corrected chi connectivity index (χ0v) is 18.5. The molecule has 2 aromatic carbocycles. The summed E-state index contributed by atoms with van der Waals surface area (Å²) in [6.45, 7) is 5.67. The van der Waals surface area contributed by atoms with Crippen LogP contribution in [0.1, 0.15) is 29.9 Å². The molecule has 32 heavy (non-hydrogen) atoms. The summed E-state index contributed by atoms with van der Waals surface area (Å²) in [5, 5.41) is 7.33. The fourth-order valence-corrected chi connectivity index (χ4v) is 3.43. The van der Waals surface area contributed by atoms with E-state index in [0.29, 0.717) is 11.5 Å². The normalized spacial score (nSPS) is 11.9. The SMILES string of the molecule is COc1ccc(-c2cc3nc([C@@H](C)NC(=O)COc4c(C)cccc4C)nn3cn2)cc1. The molecular formula is C24H25N5O3. The number of rotatable bonds is 7. The first-order chi connectivity index (χ1) is 15.4. The van der Waals surface area contributed by atoms with E-state index in [4.69, 9.17) is 9.47 Å². The van der Waals surface area contributed by atoms with Crippen molar-refractivity contribution in [1.82, 2.24) is 24.9 Å². The Labute approximate surface area is 186 Å². The Morgan fingerprint density at radius 2 is 1.84 bits per heavy atom. The second kappa shape index (κ2) is 9.05. The molecule has 0 radical (unpaired) electrons. The molecule has 164 valence electrons. The van der Waals surface area contributed by atoms with Crippen molar-refractivity contribution in [2.45, 2.75) is 26.8 Å². The van der Waals surface area contributed by atoms with Gasteiger partial charge in [0.25, 0.3) is 5.91 Å². The predicted octanol–water partition coefficient (Wildman–Crippen LogP) is 3.67. The van der Waals surface area contributed by atoms with Crippen LogP contribution in [0, 0.1) is 13.8 Å². The smallest absolute Gasteiger partial charge is 0.258 e. The molecule has 1 amide bonds. The summed E-state index contributed by atoms with van der Waals surface area (Å²) in [6, 6.07) is 15.0. The second-order valence-corrected chi connectivity index (χ2v) is 7.57. The van der Waals surface area contributed by atoms with Crippen molar-refractivity contribution in [1.29, 1.82) is 0 Å². The Morgan fingerprint density at radius 1 is 1.12 bits per heavy atom. The fourth-order valence-electron chi connectivity index (χ4n) is 3.43. The van der Waals surface area contributed by atoms with Gasteiger partial charge in [-0.3, -0.25) is 4.79 Å². The van der Waals surface area contributed by atoms with Gasteiger partial charge >= 0.3 is 0 Å². The number of fused-ring (bicyclic) bond motifs is 1. The molecule has 0 aliphatic carbocycles. The average Bonchev–Trinajstić information content (AvgIpc) is 3.22. The lowest BCUT2D eigenvalue weighted by Gasteiger charge is -2.14. The molecule has 0 aliphatic rings. The summed E-state index contributed by atoms with van der Waals surface area (Å²) in [6.07, 6.45) is 1.62. The van der Waals surface area contributed by atoms with Gasteiger partial charge in [0.15, 0.2) is 18.1 Å². The standard InChI is InChI=1S/C24H25N5O3/c1-15-6-5-7-16(2)23(15)32-13-22(30)26-17(3)24-27-21-12-20(25-14-29(21)28-24)18-8-10-19(31-4)11-9-18/h5-12,14,17H,13H2,1-4H3,(H,26,30)/t17-/m1/s1. The number of nitrogens with zero attached hydrogens (tertiary/aromatic N) is 4. The molecule has 4 rings (SSSR count). The number of ether oxygens (including phenoxy) is 2. The molecule has 2 aromatic heterocycles. The largest absolute Gasteiger partial charge is 0.497 e. The van der Waals surface area contributed by atoms with Gasteiger partial charge in [-0.15, -0.1) is 5.10 Å². The zero-order chi connectivity index (χ0) is 22.7. The van der Waals surface area contributed by atoms with Crippen LogP contribution < -0.4 is 14.8 Å². The maximum absolute atomic E-state index is 12.4. The summed E-state index contributed by atoms with van der Waals surface area (Å²) in [5.74, 6) is 1.78. The number of aryl methyl sites for hydroxylation is 2. The van der Waals surface area contributed by atoms with Gasteiger partial charge in [-0.2, -0.15) is 0 Å². The Morgan fingerprint density at radius 3 is 2.53 bits per heavy atom. The number of methoxy groups -OCH3 is 1. The van der Waals surface area contributed by atoms with E-state index in [0.717, 1.165) is 33.9 Å². The first kappa shape index (κ1) is 21.3. The lowest BCUT2D eigenvalue weighted by Crippen LogP contribution is -2.32. The Balaban J connectivity index is 1.44. The number of hydrogen-bond acceptors (Lipinski definition) is 6. The van der Waals surface area contributed by atoms with Crippen molar-refractivity contribution in [3.8, 4) is 22.8 Å². The van der Waals surface area contributed by atoms with Crippen LogP contribution in [0.4, 0.5) is 0 Å². The number of benzene rings is 2. The molecule has 1 N–H and O–H groups in total. The van der Waals surface area contributed by atoms with E-state index < -0.39 is 0 Å². The van der Waals surface area contributed by atoms with Crippen LogP contribution in [-0.4, -0.2) is 39.2 Å². The summed E-state index contributed by atoms with van der Waals surface area (Å²) in [7, 11) is 1.63. The minimum absolute atomic E-state index is 0.0768. The quantitative estimate of drug-likeness (QED) is 0.480. The molecule has 0 spiro atoms. The topological polar surface area (TPSA) is 90.6 Å². The van der Waals surface area contributed by atoms with Crippen LogP contribution in [0.3, 0.4) is 0 Å². The van der Waals surface area contributed by atoms with Gasteiger partial charge in [0.1, 0.15) is 17.8 Å². The van der Waals surface area contributed by atoms with E-state index in [1.165, 1.54) is 0 Å². The van der Waals surface area contributed by atoms with E-state index in [2.05, 4.69) is 20.4 Å².